The van der Waals surface area contributed by atoms with E-state index < -0.39 is 5.91 Å². The molecule has 1 heterocycles. The molecule has 0 aromatic carbocycles. The molecule has 1 amide bonds. The van der Waals surface area contributed by atoms with Crippen molar-refractivity contribution in [2.75, 3.05) is 5.73 Å². The lowest BCUT2D eigenvalue weighted by molar-refractivity contribution is 0.0995. The van der Waals surface area contributed by atoms with Crippen LogP contribution in [-0.4, -0.2) is 15.7 Å². The van der Waals surface area contributed by atoms with Crippen LogP contribution in [0.15, 0.2) is 0 Å². The first-order valence-electron chi connectivity index (χ1n) is 4.07. The summed E-state index contributed by atoms with van der Waals surface area (Å²) in [6.07, 6.45) is 0. The number of hydrogen-bond acceptors (Lipinski definition) is 3. The van der Waals surface area contributed by atoms with Gasteiger partial charge in [0.2, 0.25) is 0 Å². The minimum absolute atomic E-state index is 0.159. The second kappa shape index (κ2) is 3.08. The first kappa shape index (κ1) is 9.57. The van der Waals surface area contributed by atoms with Crippen LogP contribution in [0.3, 0.4) is 0 Å². The zero-order valence-corrected chi connectivity index (χ0v) is 8.03. The molecule has 0 aliphatic heterocycles. The predicted octanol–water partition coefficient (Wildman–Crippen LogP) is 0.225. The van der Waals surface area contributed by atoms with E-state index in [1.54, 1.807) is 11.7 Å². The van der Waals surface area contributed by atoms with Crippen molar-refractivity contribution >= 4 is 11.6 Å². The zero-order chi connectivity index (χ0) is 10.2. The molecule has 0 unspecified atom stereocenters. The van der Waals surface area contributed by atoms with Crippen LogP contribution >= 0.6 is 0 Å². The maximum atomic E-state index is 10.9. The topological polar surface area (TPSA) is 86.9 Å². The molecule has 4 N–H and O–H groups in total. The average molecular weight is 182 g/mol. The fraction of sp³-hybridized carbons (Fsp3) is 0.500. The van der Waals surface area contributed by atoms with Gasteiger partial charge in [-0.25, -0.2) is 0 Å². The number of aryl methyl sites for hydroxylation is 1. The normalized spacial score (nSPS) is 10.8. The number of nitrogen functional groups attached to an aromatic ring is 1. The summed E-state index contributed by atoms with van der Waals surface area (Å²) < 4.78 is 1.60. The van der Waals surface area contributed by atoms with E-state index in [-0.39, 0.29) is 11.6 Å². The SMILES string of the molecule is CC(C)c1c(N)c(C(N)=O)nn1C. The van der Waals surface area contributed by atoms with E-state index in [9.17, 15) is 4.79 Å². The van der Waals surface area contributed by atoms with E-state index in [0.29, 0.717) is 5.69 Å². The van der Waals surface area contributed by atoms with E-state index in [1.165, 1.54) is 0 Å². The number of rotatable bonds is 2. The van der Waals surface area contributed by atoms with Crippen LogP contribution in [0.5, 0.6) is 0 Å². The number of primary amides is 1. The summed E-state index contributed by atoms with van der Waals surface area (Å²) in [5, 5.41) is 3.95. The van der Waals surface area contributed by atoms with Crippen molar-refractivity contribution in [3.63, 3.8) is 0 Å². The standard InChI is InChI=1S/C8H14N4O/c1-4(2)7-5(9)6(8(10)13)11-12(7)3/h4H,9H2,1-3H3,(H2,10,13). The van der Waals surface area contributed by atoms with Gasteiger partial charge < -0.3 is 11.5 Å². The minimum atomic E-state index is -0.583. The van der Waals surface area contributed by atoms with Gasteiger partial charge in [-0.3, -0.25) is 9.48 Å². The smallest absolute Gasteiger partial charge is 0.271 e. The van der Waals surface area contributed by atoms with E-state index >= 15 is 0 Å². The third-order valence-corrected chi connectivity index (χ3v) is 1.91. The molecule has 0 aliphatic rings. The maximum absolute atomic E-state index is 10.9. The molecule has 0 bridgehead atoms. The van der Waals surface area contributed by atoms with Crippen molar-refractivity contribution < 1.29 is 4.79 Å². The Morgan fingerprint density at radius 3 is 2.31 bits per heavy atom. The molecule has 1 aromatic rings. The Hall–Kier alpha value is -1.52. The summed E-state index contributed by atoms with van der Waals surface area (Å²) in [5.74, 6) is -0.356. The van der Waals surface area contributed by atoms with Gasteiger partial charge in [-0.05, 0) is 5.92 Å². The molecule has 0 atom stereocenters. The highest BCUT2D eigenvalue weighted by molar-refractivity contribution is 5.96. The zero-order valence-electron chi connectivity index (χ0n) is 8.03. The molecular weight excluding hydrogens is 168 g/mol. The molecular formula is C8H14N4O. The van der Waals surface area contributed by atoms with Crippen LogP contribution in [0.25, 0.3) is 0 Å². The number of anilines is 1. The lowest BCUT2D eigenvalue weighted by Gasteiger charge is -2.05. The van der Waals surface area contributed by atoms with Crippen molar-refractivity contribution in [2.24, 2.45) is 12.8 Å². The third-order valence-electron chi connectivity index (χ3n) is 1.91. The van der Waals surface area contributed by atoms with Crippen molar-refractivity contribution in [3.8, 4) is 0 Å². The first-order valence-corrected chi connectivity index (χ1v) is 4.07. The van der Waals surface area contributed by atoms with E-state index in [0.717, 1.165) is 5.69 Å². The van der Waals surface area contributed by atoms with Crippen molar-refractivity contribution in [1.82, 2.24) is 9.78 Å². The van der Waals surface area contributed by atoms with Crippen LogP contribution in [0.2, 0.25) is 0 Å². The van der Waals surface area contributed by atoms with Crippen molar-refractivity contribution in [2.45, 2.75) is 19.8 Å². The Balaban J connectivity index is 3.30. The molecule has 1 aromatic heterocycles. The summed E-state index contributed by atoms with van der Waals surface area (Å²) in [6, 6.07) is 0. The number of nitrogens with zero attached hydrogens (tertiary/aromatic N) is 2. The number of aromatic nitrogens is 2. The largest absolute Gasteiger partial charge is 0.395 e. The summed E-state index contributed by atoms with van der Waals surface area (Å²) in [6.45, 7) is 3.97. The van der Waals surface area contributed by atoms with Crippen molar-refractivity contribution in [3.05, 3.63) is 11.4 Å². The van der Waals surface area contributed by atoms with Gasteiger partial charge in [0.1, 0.15) is 0 Å². The molecule has 72 valence electrons. The lowest BCUT2D eigenvalue weighted by atomic mass is 10.1. The van der Waals surface area contributed by atoms with Gasteiger partial charge >= 0.3 is 0 Å². The molecule has 1 rings (SSSR count). The van der Waals surface area contributed by atoms with Crippen LogP contribution in [-0.2, 0) is 7.05 Å². The number of hydrogen-bond donors (Lipinski definition) is 2. The van der Waals surface area contributed by atoms with Gasteiger partial charge in [-0.1, -0.05) is 13.8 Å². The van der Waals surface area contributed by atoms with Gasteiger partial charge in [0.25, 0.3) is 5.91 Å². The quantitative estimate of drug-likeness (QED) is 0.686. The minimum Gasteiger partial charge on any atom is -0.395 e. The molecule has 0 fully saturated rings. The molecule has 0 aliphatic carbocycles. The highest BCUT2D eigenvalue weighted by Crippen LogP contribution is 2.23. The Labute approximate surface area is 76.7 Å². The molecule has 0 saturated heterocycles. The number of amides is 1. The van der Waals surface area contributed by atoms with Gasteiger partial charge in [-0.2, -0.15) is 5.10 Å². The fourth-order valence-corrected chi connectivity index (χ4v) is 1.42. The van der Waals surface area contributed by atoms with Crippen LogP contribution in [0.4, 0.5) is 5.69 Å². The molecule has 0 spiro atoms. The highest BCUT2D eigenvalue weighted by atomic mass is 16.1. The Kier molecular flexibility index (Phi) is 2.27. The Morgan fingerprint density at radius 2 is 2.08 bits per heavy atom. The second-order valence-corrected chi connectivity index (χ2v) is 3.29. The summed E-state index contributed by atoms with van der Waals surface area (Å²) in [5.41, 5.74) is 12.2. The van der Waals surface area contributed by atoms with Gasteiger partial charge in [-0.15, -0.1) is 0 Å². The number of nitrogens with two attached hydrogens (primary N) is 2. The monoisotopic (exact) mass is 182 g/mol. The molecule has 13 heavy (non-hydrogen) atoms. The van der Waals surface area contributed by atoms with Crippen LogP contribution in [0.1, 0.15) is 35.9 Å². The lowest BCUT2D eigenvalue weighted by Crippen LogP contribution is -2.13. The second-order valence-electron chi connectivity index (χ2n) is 3.29. The summed E-state index contributed by atoms with van der Waals surface area (Å²) >= 11 is 0. The van der Waals surface area contributed by atoms with Crippen LogP contribution in [0, 0.1) is 0 Å². The number of carbonyl (C=O) groups excluding carboxylic acids is 1. The molecule has 5 heteroatoms. The summed E-state index contributed by atoms with van der Waals surface area (Å²) in [4.78, 5) is 10.9. The predicted molar refractivity (Wildman–Crippen MR) is 50.2 cm³/mol. The van der Waals surface area contributed by atoms with Gasteiger partial charge in [0.15, 0.2) is 5.69 Å². The van der Waals surface area contributed by atoms with E-state index in [4.69, 9.17) is 11.5 Å². The Morgan fingerprint density at radius 1 is 1.54 bits per heavy atom. The number of carbonyl (C=O) groups is 1. The van der Waals surface area contributed by atoms with E-state index in [2.05, 4.69) is 5.10 Å². The average Bonchev–Trinajstić information content (AvgIpc) is 2.26. The fourth-order valence-electron chi connectivity index (χ4n) is 1.42. The highest BCUT2D eigenvalue weighted by Gasteiger charge is 2.18. The third kappa shape index (κ3) is 1.49. The van der Waals surface area contributed by atoms with Crippen molar-refractivity contribution in [1.29, 1.82) is 0 Å². The molecule has 0 saturated carbocycles. The van der Waals surface area contributed by atoms with Crippen LogP contribution < -0.4 is 11.5 Å². The Bertz CT molecular complexity index is 340. The van der Waals surface area contributed by atoms with Gasteiger partial charge in [0, 0.05) is 7.05 Å². The molecule has 5 nitrogen and oxygen atoms in total. The molecule has 0 radical (unpaired) electrons. The first-order chi connectivity index (χ1) is 5.95. The van der Waals surface area contributed by atoms with Gasteiger partial charge in [0.05, 0.1) is 11.4 Å². The summed E-state index contributed by atoms with van der Waals surface area (Å²) in [7, 11) is 1.75. The maximum Gasteiger partial charge on any atom is 0.271 e. The van der Waals surface area contributed by atoms with E-state index in [1.807, 2.05) is 13.8 Å².